The maximum Gasteiger partial charge on any atom is 0.345 e. The van der Waals surface area contributed by atoms with Crippen LogP contribution in [0.4, 0.5) is 0 Å². The highest BCUT2D eigenvalue weighted by atomic mass is 35.5. The number of halogens is 1. The first-order valence-corrected chi connectivity index (χ1v) is 10.0. The lowest BCUT2D eigenvalue weighted by Crippen LogP contribution is -2.16. The third kappa shape index (κ3) is 4.93. The fourth-order valence-corrected chi connectivity index (χ4v) is 4.68. The predicted octanol–water partition coefficient (Wildman–Crippen LogP) is 4.92. The molecule has 2 N–H and O–H groups in total. The Balaban J connectivity index is 1.55. The summed E-state index contributed by atoms with van der Waals surface area (Å²) in [7, 11) is 0. The molecular weight excluding hydrogens is 370 g/mol. The van der Waals surface area contributed by atoms with Gasteiger partial charge in [0.15, 0.2) is 0 Å². The molecule has 0 spiro atoms. The largest absolute Gasteiger partial charge is 0.477 e. The van der Waals surface area contributed by atoms with E-state index in [1.54, 1.807) is 18.5 Å². The number of nitrogens with zero attached hydrogens (tertiary/aromatic N) is 1. The molecule has 1 saturated carbocycles. The average Bonchev–Trinajstić information content (AvgIpc) is 3.21. The molecule has 3 rings (SSSR count). The smallest absolute Gasteiger partial charge is 0.345 e. The molecule has 0 unspecified atom stereocenters. The molecule has 0 aliphatic heterocycles. The van der Waals surface area contributed by atoms with Gasteiger partial charge in [-0.25, -0.2) is 4.79 Å². The normalized spacial score (nSPS) is 22.9. The Hall–Kier alpha value is -1.69. The van der Waals surface area contributed by atoms with Gasteiger partial charge in [-0.05, 0) is 61.8 Å². The molecule has 0 amide bonds. The minimum absolute atomic E-state index is 0.145. The van der Waals surface area contributed by atoms with Crippen LogP contribution in [0, 0.1) is 11.8 Å². The van der Waals surface area contributed by atoms with Gasteiger partial charge in [-0.3, -0.25) is 4.98 Å². The Morgan fingerprint density at radius 2 is 2.19 bits per heavy atom. The predicted molar refractivity (Wildman–Crippen MR) is 105 cm³/mol. The fourth-order valence-electron chi connectivity index (χ4n) is 3.61. The average molecular weight is 392 g/mol. The zero-order valence-corrected chi connectivity index (χ0v) is 15.9. The lowest BCUT2D eigenvalue weighted by molar-refractivity contribution is 0.0702. The fraction of sp³-hybridized carbons (Fsp3) is 0.400. The Kier molecular flexibility index (Phi) is 6.46. The second kappa shape index (κ2) is 8.80. The van der Waals surface area contributed by atoms with E-state index in [1.807, 2.05) is 18.2 Å². The number of aromatic nitrogens is 1. The summed E-state index contributed by atoms with van der Waals surface area (Å²) in [6, 6.07) is 5.44. The van der Waals surface area contributed by atoms with Crippen molar-refractivity contribution in [2.45, 2.75) is 38.2 Å². The molecule has 0 aromatic carbocycles. The first kappa shape index (κ1) is 19.1. The number of carboxylic acid groups (broad SMARTS) is 1. The first-order valence-electron chi connectivity index (χ1n) is 8.82. The van der Waals surface area contributed by atoms with Crippen molar-refractivity contribution in [2.75, 3.05) is 0 Å². The summed E-state index contributed by atoms with van der Waals surface area (Å²) in [5.41, 5.74) is 0.940. The lowest BCUT2D eigenvalue weighted by Gasteiger charge is -2.18. The number of carbonyl (C=O) groups is 1. The molecule has 1 fully saturated rings. The van der Waals surface area contributed by atoms with Crippen molar-refractivity contribution in [3.63, 3.8) is 0 Å². The van der Waals surface area contributed by atoms with E-state index in [1.165, 1.54) is 11.3 Å². The third-order valence-electron chi connectivity index (χ3n) is 4.93. The number of carboxylic acids is 1. The van der Waals surface area contributed by atoms with Gasteiger partial charge in [-0.15, -0.1) is 11.3 Å². The third-order valence-corrected chi connectivity index (χ3v) is 6.27. The van der Waals surface area contributed by atoms with Crippen LogP contribution in [0.2, 0.25) is 5.02 Å². The monoisotopic (exact) mass is 391 g/mol. The maximum atomic E-state index is 10.9. The summed E-state index contributed by atoms with van der Waals surface area (Å²) < 4.78 is 0. The van der Waals surface area contributed by atoms with Gasteiger partial charge >= 0.3 is 5.97 Å². The summed E-state index contributed by atoms with van der Waals surface area (Å²) in [5, 5.41) is 19.9. The van der Waals surface area contributed by atoms with Crippen molar-refractivity contribution < 1.29 is 15.0 Å². The van der Waals surface area contributed by atoms with Gasteiger partial charge in [-0.1, -0.05) is 23.8 Å². The van der Waals surface area contributed by atoms with Gasteiger partial charge in [0.05, 0.1) is 11.1 Å². The van der Waals surface area contributed by atoms with E-state index in [-0.39, 0.29) is 12.0 Å². The van der Waals surface area contributed by atoms with Crippen molar-refractivity contribution in [2.24, 2.45) is 11.8 Å². The molecule has 2 heterocycles. The van der Waals surface area contributed by atoms with E-state index in [2.05, 4.69) is 11.1 Å². The minimum atomic E-state index is -0.860. The van der Waals surface area contributed by atoms with Crippen LogP contribution in [-0.4, -0.2) is 27.3 Å². The van der Waals surface area contributed by atoms with Gasteiger partial charge in [-0.2, -0.15) is 0 Å². The molecular formula is C20H22ClNO3S. The van der Waals surface area contributed by atoms with E-state index in [0.29, 0.717) is 15.8 Å². The highest BCUT2D eigenvalue weighted by molar-refractivity contribution is 7.13. The molecule has 6 heteroatoms. The van der Waals surface area contributed by atoms with Crippen molar-refractivity contribution in [3.8, 4) is 0 Å². The molecule has 0 bridgehead atoms. The number of aromatic carboxylic acids is 1. The van der Waals surface area contributed by atoms with E-state index in [9.17, 15) is 9.90 Å². The van der Waals surface area contributed by atoms with Gasteiger partial charge in [0.25, 0.3) is 0 Å². The summed E-state index contributed by atoms with van der Waals surface area (Å²) in [6.07, 6.45) is 11.9. The zero-order valence-electron chi connectivity index (χ0n) is 14.3. The molecule has 138 valence electrons. The Morgan fingerprint density at radius 3 is 2.92 bits per heavy atom. The first-order chi connectivity index (χ1) is 12.5. The molecule has 4 nitrogen and oxygen atoms in total. The van der Waals surface area contributed by atoms with E-state index >= 15 is 0 Å². The number of aliphatic hydroxyl groups excluding tert-OH is 1. The van der Waals surface area contributed by atoms with Gasteiger partial charge in [0.2, 0.25) is 0 Å². The molecule has 26 heavy (non-hydrogen) atoms. The second-order valence-electron chi connectivity index (χ2n) is 6.74. The second-order valence-corrected chi connectivity index (χ2v) is 8.35. The van der Waals surface area contributed by atoms with Crippen LogP contribution in [0.5, 0.6) is 0 Å². The van der Waals surface area contributed by atoms with Gasteiger partial charge in [0, 0.05) is 23.2 Å². The van der Waals surface area contributed by atoms with Crippen LogP contribution < -0.4 is 0 Å². The van der Waals surface area contributed by atoms with Crippen LogP contribution in [0.3, 0.4) is 0 Å². The van der Waals surface area contributed by atoms with Crippen LogP contribution in [0.25, 0.3) is 6.08 Å². The number of aryl methyl sites for hydroxylation is 1. The van der Waals surface area contributed by atoms with Crippen LogP contribution in [0.1, 0.15) is 45.8 Å². The topological polar surface area (TPSA) is 70.4 Å². The number of aliphatic hydroxyl groups is 1. The molecule has 3 atom stereocenters. The number of thiophene rings is 1. The molecule has 2 aromatic rings. The summed E-state index contributed by atoms with van der Waals surface area (Å²) in [5.74, 6) is -0.264. The van der Waals surface area contributed by atoms with Gasteiger partial charge < -0.3 is 10.2 Å². The number of pyridine rings is 1. The summed E-state index contributed by atoms with van der Waals surface area (Å²) in [4.78, 5) is 16.5. The molecule has 0 radical (unpaired) electrons. The highest BCUT2D eigenvalue weighted by Gasteiger charge is 2.32. The lowest BCUT2D eigenvalue weighted by atomic mass is 9.89. The highest BCUT2D eigenvalue weighted by Crippen LogP contribution is 2.37. The number of hydrogen-bond acceptors (Lipinski definition) is 4. The summed E-state index contributed by atoms with van der Waals surface area (Å²) in [6.45, 7) is 0. The molecule has 2 aromatic heterocycles. The minimum Gasteiger partial charge on any atom is -0.477 e. The van der Waals surface area contributed by atoms with Crippen LogP contribution >= 0.6 is 22.9 Å². The summed E-state index contributed by atoms with van der Waals surface area (Å²) >= 11 is 7.32. The van der Waals surface area contributed by atoms with Crippen molar-refractivity contribution in [3.05, 3.63) is 57.0 Å². The zero-order chi connectivity index (χ0) is 18.5. The SMILES string of the molecule is O=C(O)c1ccc(CCC[C@H]2CC[C@@H](O)[C@@H]2/C=C/c2cncc(Cl)c2)s1. The number of rotatable bonds is 7. The quantitative estimate of drug-likeness (QED) is 0.702. The van der Waals surface area contributed by atoms with E-state index < -0.39 is 5.97 Å². The Morgan fingerprint density at radius 1 is 1.35 bits per heavy atom. The molecule has 0 saturated heterocycles. The van der Waals surface area contributed by atoms with E-state index in [0.717, 1.165) is 42.5 Å². The molecule has 1 aliphatic rings. The maximum absolute atomic E-state index is 10.9. The van der Waals surface area contributed by atoms with Gasteiger partial charge in [0.1, 0.15) is 4.88 Å². The molecule has 1 aliphatic carbocycles. The van der Waals surface area contributed by atoms with Crippen molar-refractivity contribution >= 4 is 35.0 Å². The van der Waals surface area contributed by atoms with Crippen LogP contribution in [-0.2, 0) is 6.42 Å². The Bertz CT molecular complexity index is 789. The van der Waals surface area contributed by atoms with E-state index in [4.69, 9.17) is 16.7 Å². The van der Waals surface area contributed by atoms with Crippen LogP contribution in [0.15, 0.2) is 36.7 Å². The number of hydrogen-bond donors (Lipinski definition) is 2. The van der Waals surface area contributed by atoms with Crippen molar-refractivity contribution in [1.82, 2.24) is 4.98 Å². The van der Waals surface area contributed by atoms with Crippen molar-refractivity contribution in [1.29, 1.82) is 0 Å². The standard InChI is InChI=1S/C20H22ClNO3S/c21-15-10-13(11-22-12-15)4-7-17-14(5-8-18(17)23)2-1-3-16-6-9-19(26-16)20(24)25/h4,6-7,9-12,14,17-18,23H,1-3,5,8H2,(H,24,25)/b7-4+/t14-,17+,18+/m0/s1. The Labute approximate surface area is 162 Å².